The second-order valence-electron chi connectivity index (χ2n) is 5.70. The van der Waals surface area contributed by atoms with E-state index in [0.717, 1.165) is 44.5 Å². The third kappa shape index (κ3) is 7.66. The van der Waals surface area contributed by atoms with E-state index in [9.17, 15) is 0 Å². The first-order valence-electron chi connectivity index (χ1n) is 8.41. The standard InChI is InChI=1S/C18H32N4O2/c1-6-24-17-9-7-16(8-10-17)15-22(4)18(19-2)20-11-12-21(3)13-14-23-5/h7-10H,6,11-15H2,1-5H3,(H,19,20). The summed E-state index contributed by atoms with van der Waals surface area (Å²) < 4.78 is 10.6. The minimum absolute atomic E-state index is 0.689. The Kier molecular flexibility index (Phi) is 9.88. The van der Waals surface area contributed by atoms with Gasteiger partial charge in [0.1, 0.15) is 5.75 Å². The van der Waals surface area contributed by atoms with E-state index in [0.29, 0.717) is 6.61 Å². The first kappa shape index (κ1) is 20.3. The number of benzene rings is 1. The highest BCUT2D eigenvalue weighted by molar-refractivity contribution is 5.79. The molecule has 0 heterocycles. The maximum Gasteiger partial charge on any atom is 0.193 e. The van der Waals surface area contributed by atoms with Crippen molar-refractivity contribution in [3.63, 3.8) is 0 Å². The van der Waals surface area contributed by atoms with Gasteiger partial charge in [-0.1, -0.05) is 12.1 Å². The molecule has 6 heteroatoms. The topological polar surface area (TPSA) is 49.3 Å². The second-order valence-corrected chi connectivity index (χ2v) is 5.70. The molecule has 0 fully saturated rings. The number of rotatable bonds is 10. The number of methoxy groups -OCH3 is 1. The predicted molar refractivity (Wildman–Crippen MR) is 99.8 cm³/mol. The Morgan fingerprint density at radius 2 is 1.88 bits per heavy atom. The van der Waals surface area contributed by atoms with Crippen molar-refractivity contribution in [3.05, 3.63) is 29.8 Å². The zero-order valence-corrected chi connectivity index (χ0v) is 15.7. The van der Waals surface area contributed by atoms with E-state index in [1.807, 2.05) is 33.2 Å². The third-order valence-corrected chi connectivity index (χ3v) is 3.68. The molecule has 1 N–H and O–H groups in total. The van der Waals surface area contributed by atoms with Crippen LogP contribution in [0.2, 0.25) is 0 Å². The normalized spacial score (nSPS) is 11.7. The third-order valence-electron chi connectivity index (χ3n) is 3.68. The molecule has 0 amide bonds. The monoisotopic (exact) mass is 336 g/mol. The number of nitrogens with zero attached hydrogens (tertiary/aromatic N) is 3. The molecule has 0 atom stereocenters. The van der Waals surface area contributed by atoms with E-state index in [1.54, 1.807) is 7.11 Å². The second kappa shape index (κ2) is 11.7. The van der Waals surface area contributed by atoms with Gasteiger partial charge in [-0.15, -0.1) is 0 Å². The van der Waals surface area contributed by atoms with Crippen molar-refractivity contribution in [1.82, 2.24) is 15.1 Å². The number of guanidine groups is 1. The van der Waals surface area contributed by atoms with E-state index in [-0.39, 0.29) is 0 Å². The molecule has 24 heavy (non-hydrogen) atoms. The molecule has 0 saturated carbocycles. The summed E-state index contributed by atoms with van der Waals surface area (Å²) in [5, 5.41) is 3.40. The van der Waals surface area contributed by atoms with Gasteiger partial charge in [0.25, 0.3) is 0 Å². The lowest BCUT2D eigenvalue weighted by Crippen LogP contribution is -2.42. The van der Waals surface area contributed by atoms with Gasteiger partial charge in [-0.05, 0) is 31.7 Å². The van der Waals surface area contributed by atoms with Gasteiger partial charge < -0.3 is 24.6 Å². The van der Waals surface area contributed by atoms with Crippen LogP contribution in [0.1, 0.15) is 12.5 Å². The number of hydrogen-bond donors (Lipinski definition) is 1. The van der Waals surface area contributed by atoms with Crippen LogP contribution in [0, 0.1) is 0 Å². The minimum atomic E-state index is 0.689. The van der Waals surface area contributed by atoms with Crippen molar-refractivity contribution in [3.8, 4) is 5.75 Å². The van der Waals surface area contributed by atoms with Crippen molar-refractivity contribution < 1.29 is 9.47 Å². The average molecular weight is 336 g/mol. The molecule has 0 spiro atoms. The van der Waals surface area contributed by atoms with Crippen LogP contribution in [0.3, 0.4) is 0 Å². The quantitative estimate of drug-likeness (QED) is 0.520. The SMILES string of the molecule is CCOc1ccc(CN(C)C(=NC)NCCN(C)CCOC)cc1. The summed E-state index contributed by atoms with van der Waals surface area (Å²) in [7, 11) is 7.67. The maximum absolute atomic E-state index is 5.47. The van der Waals surface area contributed by atoms with Crippen LogP contribution in [0.25, 0.3) is 0 Å². The van der Waals surface area contributed by atoms with E-state index in [2.05, 4.69) is 39.3 Å². The van der Waals surface area contributed by atoms with Crippen molar-refractivity contribution in [2.75, 3.05) is 61.1 Å². The van der Waals surface area contributed by atoms with Crippen molar-refractivity contribution in [2.24, 2.45) is 4.99 Å². The van der Waals surface area contributed by atoms with Crippen molar-refractivity contribution in [2.45, 2.75) is 13.5 Å². The number of likely N-dealkylation sites (N-methyl/N-ethyl adjacent to an activating group) is 1. The highest BCUT2D eigenvalue weighted by Gasteiger charge is 2.07. The Balaban J connectivity index is 2.41. The van der Waals surface area contributed by atoms with Gasteiger partial charge in [0.2, 0.25) is 0 Å². The van der Waals surface area contributed by atoms with E-state index >= 15 is 0 Å². The maximum atomic E-state index is 5.47. The first-order valence-corrected chi connectivity index (χ1v) is 8.41. The summed E-state index contributed by atoms with van der Waals surface area (Å²) >= 11 is 0. The van der Waals surface area contributed by atoms with Crippen LogP contribution in [0.5, 0.6) is 5.75 Å². The Morgan fingerprint density at radius 1 is 1.17 bits per heavy atom. The van der Waals surface area contributed by atoms with Gasteiger partial charge in [0, 0.05) is 47.4 Å². The summed E-state index contributed by atoms with van der Waals surface area (Å²) in [6.07, 6.45) is 0. The van der Waals surface area contributed by atoms with E-state index in [4.69, 9.17) is 9.47 Å². The summed E-state index contributed by atoms with van der Waals surface area (Å²) in [5.41, 5.74) is 1.22. The fourth-order valence-electron chi connectivity index (χ4n) is 2.31. The van der Waals surface area contributed by atoms with Gasteiger partial charge in [0.05, 0.1) is 13.2 Å². The molecule has 136 valence electrons. The van der Waals surface area contributed by atoms with Crippen LogP contribution in [-0.2, 0) is 11.3 Å². The number of hydrogen-bond acceptors (Lipinski definition) is 4. The summed E-state index contributed by atoms with van der Waals surface area (Å²) in [5.74, 6) is 1.80. The molecule has 0 unspecified atom stereocenters. The fraction of sp³-hybridized carbons (Fsp3) is 0.611. The zero-order valence-electron chi connectivity index (χ0n) is 15.7. The number of ether oxygens (including phenoxy) is 2. The fourth-order valence-corrected chi connectivity index (χ4v) is 2.31. The summed E-state index contributed by atoms with van der Waals surface area (Å²) in [6.45, 7) is 6.95. The van der Waals surface area contributed by atoms with Gasteiger partial charge in [-0.25, -0.2) is 0 Å². The molecule has 0 saturated heterocycles. The molecule has 1 aromatic rings. The number of nitrogens with one attached hydrogen (secondary N) is 1. The van der Waals surface area contributed by atoms with Crippen LogP contribution >= 0.6 is 0 Å². The average Bonchev–Trinajstić information content (AvgIpc) is 2.58. The molecule has 0 aliphatic carbocycles. The zero-order chi connectivity index (χ0) is 17.8. The lowest BCUT2D eigenvalue weighted by atomic mass is 10.2. The molecule has 0 aliphatic rings. The van der Waals surface area contributed by atoms with Crippen molar-refractivity contribution >= 4 is 5.96 Å². The highest BCUT2D eigenvalue weighted by atomic mass is 16.5. The molecule has 0 aliphatic heterocycles. The van der Waals surface area contributed by atoms with Gasteiger partial charge in [-0.2, -0.15) is 0 Å². The van der Waals surface area contributed by atoms with Crippen LogP contribution in [0.15, 0.2) is 29.3 Å². The van der Waals surface area contributed by atoms with Gasteiger partial charge in [-0.3, -0.25) is 4.99 Å². The summed E-state index contributed by atoms with van der Waals surface area (Å²) in [6, 6.07) is 8.20. The lowest BCUT2D eigenvalue weighted by molar-refractivity contribution is 0.162. The predicted octanol–water partition coefficient (Wildman–Crippen LogP) is 1.67. The largest absolute Gasteiger partial charge is 0.494 e. The Hall–Kier alpha value is -1.79. The molecule has 0 radical (unpaired) electrons. The molecule has 0 aromatic heterocycles. The Bertz CT molecular complexity index is 476. The molecule has 1 aromatic carbocycles. The van der Waals surface area contributed by atoms with Crippen LogP contribution in [-0.4, -0.2) is 76.9 Å². The Morgan fingerprint density at radius 3 is 2.46 bits per heavy atom. The van der Waals surface area contributed by atoms with Gasteiger partial charge >= 0.3 is 0 Å². The minimum Gasteiger partial charge on any atom is -0.494 e. The van der Waals surface area contributed by atoms with Crippen molar-refractivity contribution in [1.29, 1.82) is 0 Å². The molecule has 6 nitrogen and oxygen atoms in total. The Labute approximate surface area is 146 Å². The molecular weight excluding hydrogens is 304 g/mol. The molecular formula is C18H32N4O2. The smallest absolute Gasteiger partial charge is 0.193 e. The molecule has 0 bridgehead atoms. The van der Waals surface area contributed by atoms with E-state index < -0.39 is 0 Å². The lowest BCUT2D eigenvalue weighted by Gasteiger charge is -2.23. The first-order chi connectivity index (χ1) is 11.6. The molecule has 1 rings (SSSR count). The van der Waals surface area contributed by atoms with Gasteiger partial charge in [0.15, 0.2) is 5.96 Å². The summed E-state index contributed by atoms with van der Waals surface area (Å²) in [4.78, 5) is 8.70. The number of aliphatic imine (C=N–C) groups is 1. The van der Waals surface area contributed by atoms with Crippen LogP contribution in [0.4, 0.5) is 0 Å². The van der Waals surface area contributed by atoms with E-state index in [1.165, 1.54) is 5.56 Å². The van der Waals surface area contributed by atoms with Crippen LogP contribution < -0.4 is 10.1 Å². The highest BCUT2D eigenvalue weighted by Crippen LogP contribution is 2.13.